The summed E-state index contributed by atoms with van der Waals surface area (Å²) < 4.78 is 35.5. The maximum atomic E-state index is 12.7. The average molecular weight is 218 g/mol. The van der Waals surface area contributed by atoms with E-state index in [1.807, 2.05) is 0 Å². The van der Waals surface area contributed by atoms with Crippen LogP contribution in [0, 0.1) is 11.8 Å². The van der Waals surface area contributed by atoms with E-state index < -0.39 is 36.4 Å². The molecule has 0 aromatic carbocycles. The molecule has 0 N–H and O–H groups in total. The Morgan fingerprint density at radius 2 is 2.13 bits per heavy atom. The Balaban J connectivity index is 2.15. The van der Waals surface area contributed by atoms with Gasteiger partial charge in [-0.05, 0) is 6.92 Å². The zero-order valence-electron chi connectivity index (χ0n) is 8.23. The van der Waals surface area contributed by atoms with Crippen molar-refractivity contribution in [2.75, 3.05) is 6.61 Å². The van der Waals surface area contributed by atoms with Gasteiger partial charge in [0.05, 0.1) is 30.7 Å². The minimum atomic E-state index is -2.56. The molecule has 4 atom stereocenters. The maximum Gasteiger partial charge on any atom is 0.312 e. The fourth-order valence-electron chi connectivity index (χ4n) is 2.17. The van der Waals surface area contributed by atoms with E-state index in [0.29, 0.717) is 0 Å². The van der Waals surface area contributed by atoms with Crippen LogP contribution >= 0.6 is 0 Å². The largest absolute Gasteiger partial charge is 0.466 e. The predicted octanol–water partition coefficient (Wildman–Crippen LogP) is 1.38. The molecule has 0 aliphatic carbocycles. The van der Waals surface area contributed by atoms with Crippen LogP contribution in [-0.2, 0) is 14.3 Å². The normalized spacial score (nSPS) is 37.6. The standard InChI is InChI=1S/C10H12F2O3/c1-2-14-10(13)8-6-4-3-5(15-6)7(8)9(11)12/h3-9H,2H2,1H3/t5-,6+,7+,8+/m1/s1. The lowest BCUT2D eigenvalue weighted by molar-refractivity contribution is -0.152. The van der Waals surface area contributed by atoms with E-state index in [4.69, 9.17) is 9.47 Å². The van der Waals surface area contributed by atoms with Gasteiger partial charge in [0.2, 0.25) is 6.43 Å². The molecule has 1 fully saturated rings. The maximum absolute atomic E-state index is 12.7. The van der Waals surface area contributed by atoms with Gasteiger partial charge >= 0.3 is 5.97 Å². The summed E-state index contributed by atoms with van der Waals surface area (Å²) in [5, 5.41) is 0. The van der Waals surface area contributed by atoms with Crippen LogP contribution in [0.25, 0.3) is 0 Å². The molecule has 0 unspecified atom stereocenters. The van der Waals surface area contributed by atoms with Crippen molar-refractivity contribution in [2.45, 2.75) is 25.6 Å². The van der Waals surface area contributed by atoms with Crippen LogP contribution in [0.15, 0.2) is 12.2 Å². The number of ether oxygens (including phenoxy) is 2. The van der Waals surface area contributed by atoms with Gasteiger partial charge in [-0.2, -0.15) is 0 Å². The molecule has 5 heteroatoms. The monoisotopic (exact) mass is 218 g/mol. The highest BCUT2D eigenvalue weighted by Crippen LogP contribution is 2.42. The Morgan fingerprint density at radius 3 is 2.73 bits per heavy atom. The lowest BCUT2D eigenvalue weighted by Gasteiger charge is -2.22. The first-order chi connectivity index (χ1) is 7.15. The third-order valence-corrected chi connectivity index (χ3v) is 2.80. The Labute approximate surface area is 86.0 Å². The van der Waals surface area contributed by atoms with Crippen molar-refractivity contribution in [3.8, 4) is 0 Å². The number of carbonyl (C=O) groups is 1. The summed E-state index contributed by atoms with van der Waals surface area (Å²) in [5.41, 5.74) is 0. The summed E-state index contributed by atoms with van der Waals surface area (Å²) in [5.74, 6) is -2.49. The highest BCUT2D eigenvalue weighted by molar-refractivity contribution is 5.75. The van der Waals surface area contributed by atoms with Gasteiger partial charge in [0.1, 0.15) is 0 Å². The summed E-state index contributed by atoms with van der Waals surface area (Å²) in [7, 11) is 0. The molecule has 1 saturated heterocycles. The quantitative estimate of drug-likeness (QED) is 0.530. The van der Waals surface area contributed by atoms with Gasteiger partial charge in [0, 0.05) is 0 Å². The van der Waals surface area contributed by atoms with Crippen LogP contribution in [0.4, 0.5) is 8.78 Å². The second-order valence-corrected chi connectivity index (χ2v) is 3.64. The summed E-state index contributed by atoms with van der Waals surface area (Å²) >= 11 is 0. The number of rotatable bonds is 3. The number of hydrogen-bond acceptors (Lipinski definition) is 3. The number of esters is 1. The Hall–Kier alpha value is -0.970. The fraction of sp³-hybridized carbons (Fsp3) is 0.700. The van der Waals surface area contributed by atoms with Crippen LogP contribution in [0.2, 0.25) is 0 Å². The molecule has 15 heavy (non-hydrogen) atoms. The van der Waals surface area contributed by atoms with Crippen molar-refractivity contribution < 1.29 is 23.0 Å². The van der Waals surface area contributed by atoms with Crippen LogP contribution in [0.5, 0.6) is 0 Å². The molecular formula is C10H12F2O3. The highest BCUT2D eigenvalue weighted by Gasteiger charge is 2.54. The third kappa shape index (κ3) is 1.65. The van der Waals surface area contributed by atoms with Crippen molar-refractivity contribution in [3.63, 3.8) is 0 Å². The van der Waals surface area contributed by atoms with Crippen molar-refractivity contribution in [1.29, 1.82) is 0 Å². The zero-order valence-corrected chi connectivity index (χ0v) is 8.23. The van der Waals surface area contributed by atoms with Crippen LogP contribution in [0.1, 0.15) is 6.92 Å². The number of halogens is 2. The molecule has 0 amide bonds. The van der Waals surface area contributed by atoms with E-state index >= 15 is 0 Å². The van der Waals surface area contributed by atoms with Gasteiger partial charge < -0.3 is 9.47 Å². The van der Waals surface area contributed by atoms with Crippen molar-refractivity contribution in [1.82, 2.24) is 0 Å². The second-order valence-electron chi connectivity index (χ2n) is 3.64. The number of hydrogen-bond donors (Lipinski definition) is 0. The van der Waals surface area contributed by atoms with Crippen molar-refractivity contribution in [3.05, 3.63) is 12.2 Å². The zero-order chi connectivity index (χ0) is 11.0. The molecule has 3 nitrogen and oxygen atoms in total. The van der Waals surface area contributed by atoms with Crippen LogP contribution in [0.3, 0.4) is 0 Å². The SMILES string of the molecule is CCOC(=O)[C@@H]1[C@@H](C(F)F)[C@H]2C=C[C@@H]1O2. The number of carbonyl (C=O) groups excluding carboxylic acids is 1. The second kappa shape index (κ2) is 3.89. The lowest BCUT2D eigenvalue weighted by atomic mass is 9.83. The number of fused-ring (bicyclic) bond motifs is 2. The molecule has 2 aliphatic heterocycles. The molecule has 0 aromatic heterocycles. The fourth-order valence-corrected chi connectivity index (χ4v) is 2.17. The molecule has 0 saturated carbocycles. The van der Waals surface area contributed by atoms with Gasteiger partial charge in [0.15, 0.2) is 0 Å². The average Bonchev–Trinajstić information content (AvgIpc) is 2.76. The molecule has 2 bridgehead atoms. The first-order valence-corrected chi connectivity index (χ1v) is 4.93. The van der Waals surface area contributed by atoms with E-state index in [1.54, 1.807) is 19.1 Å². The molecular weight excluding hydrogens is 206 g/mol. The van der Waals surface area contributed by atoms with E-state index in [1.165, 1.54) is 0 Å². The topological polar surface area (TPSA) is 35.5 Å². The van der Waals surface area contributed by atoms with Crippen LogP contribution < -0.4 is 0 Å². The molecule has 2 aliphatic rings. The Bertz CT molecular complexity index is 290. The van der Waals surface area contributed by atoms with Crippen molar-refractivity contribution >= 4 is 5.97 Å². The minimum absolute atomic E-state index is 0.201. The van der Waals surface area contributed by atoms with E-state index in [-0.39, 0.29) is 6.61 Å². The lowest BCUT2D eigenvalue weighted by Crippen LogP contribution is -2.36. The third-order valence-electron chi connectivity index (χ3n) is 2.80. The van der Waals surface area contributed by atoms with Crippen LogP contribution in [-0.4, -0.2) is 31.2 Å². The first kappa shape index (κ1) is 10.5. The van der Waals surface area contributed by atoms with Crippen molar-refractivity contribution in [2.24, 2.45) is 11.8 Å². The summed E-state index contributed by atoms with van der Waals surface area (Å²) in [4.78, 5) is 11.5. The van der Waals surface area contributed by atoms with Gasteiger partial charge in [-0.1, -0.05) is 12.2 Å². The van der Waals surface area contributed by atoms with E-state index in [2.05, 4.69) is 0 Å². The summed E-state index contributed by atoms with van der Waals surface area (Å²) in [6.45, 7) is 1.85. The summed E-state index contributed by atoms with van der Waals surface area (Å²) in [6.07, 6.45) is -0.473. The van der Waals surface area contributed by atoms with Gasteiger partial charge in [-0.25, -0.2) is 8.78 Å². The molecule has 0 spiro atoms. The molecule has 0 radical (unpaired) electrons. The highest BCUT2D eigenvalue weighted by atomic mass is 19.3. The first-order valence-electron chi connectivity index (χ1n) is 4.93. The van der Waals surface area contributed by atoms with E-state index in [0.717, 1.165) is 0 Å². The molecule has 2 heterocycles. The Kier molecular flexibility index (Phi) is 2.73. The molecule has 0 aromatic rings. The number of alkyl halides is 2. The summed E-state index contributed by atoms with van der Waals surface area (Å²) in [6, 6.07) is 0. The smallest absolute Gasteiger partial charge is 0.312 e. The van der Waals surface area contributed by atoms with Gasteiger partial charge in [-0.3, -0.25) is 4.79 Å². The van der Waals surface area contributed by atoms with Gasteiger partial charge in [0.25, 0.3) is 0 Å². The minimum Gasteiger partial charge on any atom is -0.466 e. The molecule has 84 valence electrons. The predicted molar refractivity (Wildman–Crippen MR) is 47.4 cm³/mol. The van der Waals surface area contributed by atoms with Gasteiger partial charge in [-0.15, -0.1) is 0 Å². The Morgan fingerprint density at radius 1 is 1.47 bits per heavy atom. The van der Waals surface area contributed by atoms with E-state index in [9.17, 15) is 13.6 Å². The molecule has 2 rings (SSSR count).